The molecule has 0 aromatic heterocycles. The SMILES string of the molecule is CC(C)(C)C(=O)Oc1ccc(C(CNC[C@H](O)c2ccc(O)c(NS(C)(=O)=O)c2)c2ccc(OC(=O)C(C)(C)C)cc2)cc1. The number of sulfonamides is 1. The smallest absolute Gasteiger partial charge is 0.316 e. The Kier molecular flexibility index (Phi) is 10.8. The molecule has 0 spiro atoms. The number of hydrogen-bond donors (Lipinski definition) is 4. The summed E-state index contributed by atoms with van der Waals surface area (Å²) in [5.74, 6) is -0.307. The largest absolute Gasteiger partial charge is 0.506 e. The Hall–Kier alpha value is -3.93. The number of benzene rings is 3. The van der Waals surface area contributed by atoms with Crippen LogP contribution in [0, 0.1) is 10.8 Å². The lowest BCUT2D eigenvalue weighted by molar-refractivity contribution is -0.143. The number of phenolic OH excluding ortho intramolecular Hbond substituents is 1. The Labute approximate surface area is 259 Å². The molecule has 3 aromatic rings. The molecule has 3 aromatic carbocycles. The topological polar surface area (TPSA) is 151 Å². The van der Waals surface area contributed by atoms with Crippen LogP contribution in [0.3, 0.4) is 0 Å². The Morgan fingerprint density at radius 3 is 1.59 bits per heavy atom. The molecule has 238 valence electrons. The summed E-state index contributed by atoms with van der Waals surface area (Å²) in [6, 6.07) is 18.6. The van der Waals surface area contributed by atoms with E-state index in [-0.39, 0.29) is 35.8 Å². The lowest BCUT2D eigenvalue weighted by Gasteiger charge is -2.22. The lowest BCUT2D eigenvalue weighted by Crippen LogP contribution is -2.27. The third kappa shape index (κ3) is 10.1. The predicted molar refractivity (Wildman–Crippen MR) is 169 cm³/mol. The van der Waals surface area contributed by atoms with Gasteiger partial charge in [0.25, 0.3) is 0 Å². The van der Waals surface area contributed by atoms with Crippen LogP contribution in [0.4, 0.5) is 5.69 Å². The van der Waals surface area contributed by atoms with E-state index in [0.717, 1.165) is 17.4 Å². The molecule has 3 rings (SSSR count). The molecule has 0 bridgehead atoms. The van der Waals surface area contributed by atoms with Crippen molar-refractivity contribution >= 4 is 27.6 Å². The van der Waals surface area contributed by atoms with E-state index in [1.807, 2.05) is 24.3 Å². The number of aliphatic hydroxyl groups is 1. The Balaban J connectivity index is 1.81. The first-order chi connectivity index (χ1) is 20.3. The summed E-state index contributed by atoms with van der Waals surface area (Å²) < 4.78 is 36.5. The second-order valence-electron chi connectivity index (χ2n) is 12.8. The number of ether oxygens (including phenoxy) is 2. The van der Waals surface area contributed by atoms with Crippen LogP contribution in [-0.4, -0.2) is 49.9 Å². The molecule has 0 fully saturated rings. The fraction of sp³-hybridized carbons (Fsp3) is 0.394. The molecule has 11 heteroatoms. The lowest BCUT2D eigenvalue weighted by atomic mass is 9.91. The van der Waals surface area contributed by atoms with Gasteiger partial charge in [-0.15, -0.1) is 0 Å². The van der Waals surface area contributed by atoms with Crippen LogP contribution in [-0.2, 0) is 19.6 Å². The van der Waals surface area contributed by atoms with E-state index in [0.29, 0.717) is 23.6 Å². The molecule has 0 aliphatic heterocycles. The van der Waals surface area contributed by atoms with Gasteiger partial charge < -0.3 is 25.0 Å². The average Bonchev–Trinajstić information content (AvgIpc) is 2.91. The van der Waals surface area contributed by atoms with Gasteiger partial charge in [0.1, 0.15) is 17.2 Å². The number of phenols is 1. The molecular formula is C33H42N2O8S. The van der Waals surface area contributed by atoms with Crippen molar-refractivity contribution in [2.45, 2.75) is 53.6 Å². The number of esters is 2. The van der Waals surface area contributed by atoms with Crippen LogP contribution in [0.2, 0.25) is 0 Å². The molecule has 10 nitrogen and oxygen atoms in total. The van der Waals surface area contributed by atoms with Crippen LogP contribution >= 0.6 is 0 Å². The van der Waals surface area contributed by atoms with Crippen molar-refractivity contribution < 1.29 is 37.7 Å². The van der Waals surface area contributed by atoms with E-state index in [4.69, 9.17) is 9.47 Å². The Morgan fingerprint density at radius 1 is 0.750 bits per heavy atom. The van der Waals surface area contributed by atoms with Crippen LogP contribution in [0.5, 0.6) is 17.2 Å². The van der Waals surface area contributed by atoms with E-state index in [9.17, 15) is 28.2 Å². The minimum atomic E-state index is -3.63. The van der Waals surface area contributed by atoms with Crippen molar-refractivity contribution in [1.82, 2.24) is 5.32 Å². The monoisotopic (exact) mass is 626 g/mol. The Bertz CT molecular complexity index is 1480. The Morgan fingerprint density at radius 2 is 1.18 bits per heavy atom. The first kappa shape index (κ1) is 34.6. The zero-order valence-electron chi connectivity index (χ0n) is 26.2. The van der Waals surface area contributed by atoms with Gasteiger partial charge in [-0.2, -0.15) is 0 Å². The molecule has 4 N–H and O–H groups in total. The third-order valence-corrected chi connectivity index (χ3v) is 7.19. The van der Waals surface area contributed by atoms with Gasteiger partial charge in [-0.25, -0.2) is 8.42 Å². The summed E-state index contributed by atoms with van der Waals surface area (Å²) in [6.07, 6.45) is -0.0332. The second-order valence-corrected chi connectivity index (χ2v) is 14.5. The summed E-state index contributed by atoms with van der Waals surface area (Å²) >= 11 is 0. The number of nitrogens with one attached hydrogen (secondary N) is 2. The summed E-state index contributed by atoms with van der Waals surface area (Å²) in [6.45, 7) is 11.2. The van der Waals surface area contributed by atoms with Crippen LogP contribution in [0.25, 0.3) is 0 Å². The molecule has 0 amide bonds. The second kappa shape index (κ2) is 13.8. The molecule has 0 radical (unpaired) electrons. The van der Waals surface area contributed by atoms with Crippen molar-refractivity contribution in [2.75, 3.05) is 24.1 Å². The molecular weight excluding hydrogens is 584 g/mol. The van der Waals surface area contributed by atoms with E-state index in [2.05, 4.69) is 10.0 Å². The van der Waals surface area contributed by atoms with Crippen molar-refractivity contribution in [2.24, 2.45) is 10.8 Å². The highest BCUT2D eigenvalue weighted by Crippen LogP contribution is 2.30. The van der Waals surface area contributed by atoms with Gasteiger partial charge in [0.2, 0.25) is 10.0 Å². The highest BCUT2D eigenvalue weighted by atomic mass is 32.2. The summed E-state index contributed by atoms with van der Waals surface area (Å²) in [5, 5.41) is 24.1. The predicted octanol–water partition coefficient (Wildman–Crippen LogP) is 5.12. The minimum Gasteiger partial charge on any atom is -0.506 e. The van der Waals surface area contributed by atoms with Gasteiger partial charge >= 0.3 is 11.9 Å². The van der Waals surface area contributed by atoms with Crippen LogP contribution in [0.15, 0.2) is 66.7 Å². The van der Waals surface area contributed by atoms with E-state index < -0.39 is 27.0 Å². The fourth-order valence-corrected chi connectivity index (χ4v) is 4.57. The number of hydrogen-bond acceptors (Lipinski definition) is 9. The van der Waals surface area contributed by atoms with Gasteiger partial charge in [0.05, 0.1) is 28.9 Å². The highest BCUT2D eigenvalue weighted by Gasteiger charge is 2.25. The average molecular weight is 627 g/mol. The zero-order valence-corrected chi connectivity index (χ0v) is 27.0. The van der Waals surface area contributed by atoms with Gasteiger partial charge in [0.15, 0.2) is 0 Å². The molecule has 44 heavy (non-hydrogen) atoms. The van der Waals surface area contributed by atoms with Crippen LogP contribution in [0.1, 0.15) is 70.3 Å². The number of anilines is 1. The maximum Gasteiger partial charge on any atom is 0.316 e. The van der Waals surface area contributed by atoms with E-state index >= 15 is 0 Å². The molecule has 1 atom stereocenters. The molecule has 0 saturated carbocycles. The maximum atomic E-state index is 12.3. The van der Waals surface area contributed by atoms with Gasteiger partial charge in [-0.05, 0) is 94.6 Å². The minimum absolute atomic E-state index is 0.0265. The summed E-state index contributed by atoms with van der Waals surface area (Å²) in [4.78, 5) is 24.7. The van der Waals surface area contributed by atoms with Gasteiger partial charge in [-0.1, -0.05) is 30.3 Å². The maximum absolute atomic E-state index is 12.3. The summed E-state index contributed by atoms with van der Waals surface area (Å²) in [7, 11) is -3.63. The first-order valence-corrected chi connectivity index (χ1v) is 16.1. The number of aliphatic hydroxyl groups excluding tert-OH is 1. The van der Waals surface area contributed by atoms with Gasteiger partial charge in [0, 0.05) is 19.0 Å². The van der Waals surface area contributed by atoms with Crippen LogP contribution < -0.4 is 19.5 Å². The molecule has 0 aliphatic carbocycles. The number of aromatic hydroxyl groups is 1. The third-order valence-electron chi connectivity index (χ3n) is 6.60. The van der Waals surface area contributed by atoms with Crippen molar-refractivity contribution in [3.05, 3.63) is 83.4 Å². The summed E-state index contributed by atoms with van der Waals surface area (Å²) in [5.41, 5.74) is 0.902. The number of carbonyl (C=O) groups excluding carboxylic acids is 2. The number of rotatable bonds is 11. The van der Waals surface area contributed by atoms with Crippen molar-refractivity contribution in [1.29, 1.82) is 0 Å². The molecule has 0 aliphatic rings. The fourth-order valence-electron chi connectivity index (χ4n) is 4.01. The molecule has 0 saturated heterocycles. The van der Waals surface area contributed by atoms with Crippen molar-refractivity contribution in [3.8, 4) is 17.2 Å². The number of carbonyl (C=O) groups is 2. The quantitative estimate of drug-likeness (QED) is 0.129. The first-order valence-electron chi connectivity index (χ1n) is 14.2. The van der Waals surface area contributed by atoms with E-state index in [1.165, 1.54) is 18.2 Å². The van der Waals surface area contributed by atoms with Gasteiger partial charge in [-0.3, -0.25) is 14.3 Å². The zero-order chi connectivity index (χ0) is 32.9. The van der Waals surface area contributed by atoms with Crippen molar-refractivity contribution in [3.63, 3.8) is 0 Å². The molecule has 0 unspecified atom stereocenters. The standard InChI is InChI=1S/C33H42N2O8S/c1-32(2,3)30(38)42-24-13-8-21(9-14-24)26(22-10-15-25(16-11-22)43-31(39)33(4,5)6)19-34-20-29(37)23-12-17-28(36)27(18-23)35-44(7,40)41/h8-18,26,29,34-37H,19-20H2,1-7H3/t29-/m0/s1. The highest BCUT2D eigenvalue weighted by molar-refractivity contribution is 7.92. The normalized spacial score (nSPS) is 12.9. The molecule has 0 heterocycles. The van der Waals surface area contributed by atoms with E-state index in [1.54, 1.807) is 65.8 Å².